The monoisotopic (exact) mass is 288 g/mol. The molecule has 0 bridgehead atoms. The van der Waals surface area contributed by atoms with Gasteiger partial charge < -0.3 is 15.5 Å². The number of nitrogens with zero attached hydrogens (tertiary/aromatic N) is 6. The summed E-state index contributed by atoms with van der Waals surface area (Å²) in [4.78, 5) is 19.5. The van der Waals surface area contributed by atoms with E-state index in [2.05, 4.69) is 42.5 Å². The van der Waals surface area contributed by atoms with Gasteiger partial charge in [0.15, 0.2) is 0 Å². The minimum Gasteiger partial charge on any atom is -0.357 e. The third-order valence-electron chi connectivity index (χ3n) is 3.54. The number of aromatic nitrogens is 5. The van der Waals surface area contributed by atoms with Crippen molar-refractivity contribution in [3.8, 4) is 5.95 Å². The van der Waals surface area contributed by atoms with E-state index in [1.165, 1.54) is 6.42 Å². The lowest BCUT2D eigenvalue weighted by atomic mass is 10.1. The third-order valence-corrected chi connectivity index (χ3v) is 3.54. The van der Waals surface area contributed by atoms with Crippen LogP contribution < -0.4 is 10.6 Å². The summed E-state index contributed by atoms with van der Waals surface area (Å²) in [6, 6.07) is 0.367. The number of anilines is 2. The Kier molecular flexibility index (Phi) is 3.96. The number of hydrogen-bond donors (Lipinski definition) is 2. The second-order valence-electron chi connectivity index (χ2n) is 5.25. The number of hydrogen-bond acceptors (Lipinski definition) is 7. The largest absolute Gasteiger partial charge is 0.357 e. The van der Waals surface area contributed by atoms with Crippen LogP contribution in [0.4, 0.5) is 11.9 Å². The van der Waals surface area contributed by atoms with Crippen LogP contribution in [-0.4, -0.2) is 62.6 Å². The molecule has 112 valence electrons. The molecule has 3 heterocycles. The van der Waals surface area contributed by atoms with E-state index in [0.29, 0.717) is 23.9 Å². The van der Waals surface area contributed by atoms with E-state index < -0.39 is 0 Å². The molecule has 8 heteroatoms. The topological polar surface area (TPSA) is 83.8 Å². The summed E-state index contributed by atoms with van der Waals surface area (Å²) in [6.45, 7) is 2.15. The van der Waals surface area contributed by atoms with Crippen molar-refractivity contribution in [1.82, 2.24) is 29.4 Å². The minimum absolute atomic E-state index is 0.367. The van der Waals surface area contributed by atoms with E-state index in [1.807, 2.05) is 6.20 Å². The van der Waals surface area contributed by atoms with Crippen LogP contribution in [0.1, 0.15) is 12.8 Å². The Morgan fingerprint density at radius 1 is 1.24 bits per heavy atom. The van der Waals surface area contributed by atoms with Crippen molar-refractivity contribution in [2.45, 2.75) is 18.9 Å². The molecule has 2 N–H and O–H groups in total. The fourth-order valence-corrected chi connectivity index (χ4v) is 2.50. The molecular weight excluding hydrogens is 268 g/mol. The van der Waals surface area contributed by atoms with E-state index in [1.54, 1.807) is 24.1 Å². The zero-order valence-corrected chi connectivity index (χ0v) is 12.3. The highest BCUT2D eigenvalue weighted by Gasteiger charge is 2.18. The first-order valence-corrected chi connectivity index (χ1v) is 7.12. The first kappa shape index (κ1) is 13.7. The number of imidazole rings is 1. The van der Waals surface area contributed by atoms with Crippen molar-refractivity contribution in [1.29, 1.82) is 0 Å². The summed E-state index contributed by atoms with van der Waals surface area (Å²) in [7, 11) is 3.93. The molecule has 0 aliphatic carbocycles. The molecule has 0 amide bonds. The van der Waals surface area contributed by atoms with Gasteiger partial charge >= 0.3 is 0 Å². The van der Waals surface area contributed by atoms with Gasteiger partial charge in [0.25, 0.3) is 0 Å². The zero-order valence-electron chi connectivity index (χ0n) is 12.3. The lowest BCUT2D eigenvalue weighted by Gasteiger charge is -2.30. The van der Waals surface area contributed by atoms with Crippen molar-refractivity contribution in [3.05, 3.63) is 18.7 Å². The summed E-state index contributed by atoms with van der Waals surface area (Å²) >= 11 is 0. The molecule has 0 saturated carbocycles. The Balaban J connectivity index is 1.82. The van der Waals surface area contributed by atoms with Crippen LogP contribution >= 0.6 is 0 Å². The molecule has 3 rings (SSSR count). The van der Waals surface area contributed by atoms with Crippen LogP contribution in [0.2, 0.25) is 0 Å². The Hall–Kier alpha value is -2.22. The fraction of sp³-hybridized carbons (Fsp3) is 0.538. The molecular formula is C13H20N8. The highest BCUT2D eigenvalue weighted by Crippen LogP contribution is 2.14. The van der Waals surface area contributed by atoms with Gasteiger partial charge in [-0.25, -0.2) is 4.98 Å². The smallest absolute Gasteiger partial charge is 0.241 e. The molecule has 1 saturated heterocycles. The van der Waals surface area contributed by atoms with Gasteiger partial charge in [0, 0.05) is 32.0 Å². The van der Waals surface area contributed by atoms with Gasteiger partial charge in [-0.05, 0) is 26.4 Å². The molecule has 0 aromatic carbocycles. The van der Waals surface area contributed by atoms with Gasteiger partial charge in [-0.1, -0.05) is 0 Å². The first-order chi connectivity index (χ1) is 10.2. The molecule has 1 aliphatic heterocycles. The Labute approximate surface area is 123 Å². The number of piperidine rings is 1. The molecule has 21 heavy (non-hydrogen) atoms. The van der Waals surface area contributed by atoms with Crippen LogP contribution in [0.5, 0.6) is 0 Å². The lowest BCUT2D eigenvalue weighted by molar-refractivity contribution is 0.260. The average molecular weight is 288 g/mol. The van der Waals surface area contributed by atoms with E-state index in [9.17, 15) is 0 Å². The average Bonchev–Trinajstić information content (AvgIpc) is 3.01. The van der Waals surface area contributed by atoms with Crippen LogP contribution in [0.3, 0.4) is 0 Å². The van der Waals surface area contributed by atoms with E-state index in [0.717, 1.165) is 19.5 Å². The van der Waals surface area contributed by atoms with Crippen molar-refractivity contribution in [3.63, 3.8) is 0 Å². The quantitative estimate of drug-likeness (QED) is 0.852. The second-order valence-corrected chi connectivity index (χ2v) is 5.25. The molecule has 8 nitrogen and oxygen atoms in total. The highest BCUT2D eigenvalue weighted by molar-refractivity contribution is 5.38. The Bertz CT molecular complexity index is 582. The highest BCUT2D eigenvalue weighted by atomic mass is 15.3. The maximum absolute atomic E-state index is 4.47. The fourth-order valence-electron chi connectivity index (χ4n) is 2.50. The SMILES string of the molecule is CNc1nc(NC2CCCN(C)C2)nc(-n2ccnc2)n1. The molecule has 1 aliphatic rings. The van der Waals surface area contributed by atoms with Crippen molar-refractivity contribution in [2.75, 3.05) is 37.8 Å². The summed E-state index contributed by atoms with van der Waals surface area (Å²) < 4.78 is 1.76. The van der Waals surface area contributed by atoms with Gasteiger partial charge in [0.05, 0.1) is 0 Å². The van der Waals surface area contributed by atoms with Crippen LogP contribution in [0, 0.1) is 0 Å². The Morgan fingerprint density at radius 3 is 2.81 bits per heavy atom. The van der Waals surface area contributed by atoms with Gasteiger partial charge in [-0.2, -0.15) is 15.0 Å². The first-order valence-electron chi connectivity index (χ1n) is 7.12. The normalized spacial score (nSPS) is 19.4. The van der Waals surface area contributed by atoms with Crippen molar-refractivity contribution < 1.29 is 0 Å². The van der Waals surface area contributed by atoms with Gasteiger partial charge in [0.1, 0.15) is 6.33 Å². The number of rotatable bonds is 4. The summed E-state index contributed by atoms with van der Waals surface area (Å²) in [5.41, 5.74) is 0. The lowest BCUT2D eigenvalue weighted by Crippen LogP contribution is -2.40. The van der Waals surface area contributed by atoms with Crippen LogP contribution in [-0.2, 0) is 0 Å². The third kappa shape index (κ3) is 3.27. The molecule has 2 aromatic rings. The predicted molar refractivity (Wildman–Crippen MR) is 80.6 cm³/mol. The number of likely N-dealkylation sites (N-methyl/N-ethyl adjacent to an activating group) is 1. The molecule has 1 atom stereocenters. The van der Waals surface area contributed by atoms with E-state index >= 15 is 0 Å². The number of nitrogens with one attached hydrogen (secondary N) is 2. The standard InChI is InChI=1S/C13H20N8/c1-14-11-17-12(16-10-4-3-6-20(2)8-10)19-13(18-11)21-7-5-15-9-21/h5,7,9-10H,3-4,6,8H2,1-2H3,(H2,14,16,17,18,19). The minimum atomic E-state index is 0.367. The van der Waals surface area contributed by atoms with Crippen LogP contribution in [0.15, 0.2) is 18.7 Å². The molecule has 2 aromatic heterocycles. The van der Waals surface area contributed by atoms with Gasteiger partial charge in [-0.3, -0.25) is 4.57 Å². The predicted octanol–water partition coefficient (Wildman–Crippen LogP) is 0.605. The van der Waals surface area contributed by atoms with Crippen molar-refractivity contribution >= 4 is 11.9 Å². The summed E-state index contributed by atoms with van der Waals surface area (Å²) in [6.07, 6.45) is 7.50. The molecule has 0 spiro atoms. The Morgan fingerprint density at radius 2 is 2.10 bits per heavy atom. The molecule has 1 fully saturated rings. The van der Waals surface area contributed by atoms with Gasteiger partial charge in [0.2, 0.25) is 17.8 Å². The molecule has 1 unspecified atom stereocenters. The number of likely N-dealkylation sites (tertiary alicyclic amines) is 1. The maximum atomic E-state index is 4.47. The van der Waals surface area contributed by atoms with Crippen molar-refractivity contribution in [2.24, 2.45) is 0 Å². The maximum Gasteiger partial charge on any atom is 0.241 e. The zero-order chi connectivity index (χ0) is 14.7. The van der Waals surface area contributed by atoms with E-state index in [-0.39, 0.29) is 0 Å². The van der Waals surface area contributed by atoms with E-state index in [4.69, 9.17) is 0 Å². The summed E-state index contributed by atoms with van der Waals surface area (Å²) in [5.74, 6) is 1.69. The summed E-state index contributed by atoms with van der Waals surface area (Å²) in [5, 5.41) is 6.38. The van der Waals surface area contributed by atoms with Gasteiger partial charge in [-0.15, -0.1) is 0 Å². The second kappa shape index (κ2) is 6.04. The van der Waals surface area contributed by atoms with Crippen LogP contribution in [0.25, 0.3) is 5.95 Å². The molecule has 0 radical (unpaired) electrons.